The molecule has 162 valence electrons. The highest BCUT2D eigenvalue weighted by Gasteiger charge is 2.58. The number of para-hydroxylation sites is 1. The van der Waals surface area contributed by atoms with Crippen molar-refractivity contribution in [3.05, 3.63) is 71.1 Å². The van der Waals surface area contributed by atoms with E-state index < -0.39 is 0 Å². The van der Waals surface area contributed by atoms with E-state index >= 15 is 0 Å². The molecular formula is C29H35NO. The molecule has 2 saturated carbocycles. The van der Waals surface area contributed by atoms with Gasteiger partial charge in [0.15, 0.2) is 0 Å². The average molecular weight is 414 g/mol. The summed E-state index contributed by atoms with van der Waals surface area (Å²) >= 11 is 0. The predicted octanol–water partition coefficient (Wildman–Crippen LogP) is 6.81. The first-order valence-electron chi connectivity index (χ1n) is 12.3. The second-order valence-electron chi connectivity index (χ2n) is 11.2. The van der Waals surface area contributed by atoms with E-state index in [1.165, 1.54) is 55.3 Å². The second-order valence-corrected chi connectivity index (χ2v) is 11.2. The smallest absolute Gasteiger partial charge is 0.119 e. The molecule has 0 radical (unpaired) electrons. The number of rotatable bonds is 2. The van der Waals surface area contributed by atoms with E-state index in [0.717, 1.165) is 29.9 Å². The number of benzene rings is 1. The van der Waals surface area contributed by atoms with Crippen LogP contribution in [0.2, 0.25) is 0 Å². The molecule has 0 amide bonds. The van der Waals surface area contributed by atoms with Gasteiger partial charge in [-0.15, -0.1) is 0 Å². The molecule has 0 N–H and O–H groups in total. The maximum Gasteiger partial charge on any atom is 0.119 e. The molecule has 6 atom stereocenters. The molecule has 1 heterocycles. The molecule has 1 aromatic heterocycles. The highest BCUT2D eigenvalue weighted by atomic mass is 16.5. The van der Waals surface area contributed by atoms with Crippen molar-refractivity contribution in [2.24, 2.45) is 23.2 Å². The Bertz CT molecular complexity index is 1030. The highest BCUT2D eigenvalue weighted by Crippen LogP contribution is 2.64. The number of hydrogen-bond donors (Lipinski definition) is 0. The zero-order chi connectivity index (χ0) is 21.2. The topological polar surface area (TPSA) is 22.1 Å². The minimum absolute atomic E-state index is 0.277. The summed E-state index contributed by atoms with van der Waals surface area (Å²) in [5.74, 6) is 3.39. The van der Waals surface area contributed by atoms with Crippen LogP contribution in [0.1, 0.15) is 69.2 Å². The van der Waals surface area contributed by atoms with E-state index in [1.807, 2.05) is 0 Å². The van der Waals surface area contributed by atoms with Gasteiger partial charge in [0.1, 0.15) is 11.9 Å². The minimum Gasteiger partial charge on any atom is -0.490 e. The van der Waals surface area contributed by atoms with E-state index in [2.05, 4.69) is 69.4 Å². The number of allylic oxidation sites excluding steroid dienone is 1. The maximum absolute atomic E-state index is 6.38. The van der Waals surface area contributed by atoms with Gasteiger partial charge in [0.2, 0.25) is 0 Å². The first kappa shape index (κ1) is 19.6. The number of fused-ring (bicyclic) bond motifs is 7. The van der Waals surface area contributed by atoms with Gasteiger partial charge in [-0.1, -0.05) is 49.8 Å². The van der Waals surface area contributed by atoms with Crippen LogP contribution in [0, 0.1) is 30.1 Å². The van der Waals surface area contributed by atoms with Crippen LogP contribution in [0.4, 0.5) is 0 Å². The Kier molecular flexibility index (Phi) is 4.39. The summed E-state index contributed by atoms with van der Waals surface area (Å²) in [7, 11) is 0. The summed E-state index contributed by atoms with van der Waals surface area (Å²) < 4.78 is 6.38. The van der Waals surface area contributed by atoms with E-state index in [0.29, 0.717) is 11.5 Å². The number of hydrogen-bond acceptors (Lipinski definition) is 2. The van der Waals surface area contributed by atoms with Crippen molar-refractivity contribution in [1.29, 1.82) is 0 Å². The molecule has 0 aliphatic heterocycles. The van der Waals surface area contributed by atoms with Gasteiger partial charge < -0.3 is 4.74 Å². The Morgan fingerprint density at radius 3 is 2.61 bits per heavy atom. The van der Waals surface area contributed by atoms with Gasteiger partial charge in [0, 0.05) is 23.7 Å². The molecule has 0 saturated heterocycles. The van der Waals surface area contributed by atoms with Crippen LogP contribution in [-0.2, 0) is 11.8 Å². The van der Waals surface area contributed by atoms with Crippen LogP contribution < -0.4 is 4.74 Å². The number of ether oxygens (including phenoxy) is 1. The molecule has 4 aliphatic rings. The molecule has 31 heavy (non-hydrogen) atoms. The Labute approximate surface area is 187 Å². The normalized spacial score (nSPS) is 38.4. The van der Waals surface area contributed by atoms with Crippen molar-refractivity contribution in [3.63, 3.8) is 0 Å². The van der Waals surface area contributed by atoms with Crippen LogP contribution in [0.3, 0.4) is 0 Å². The number of aryl methyl sites for hydroxylation is 1. The van der Waals surface area contributed by atoms with Crippen LogP contribution in [0.5, 0.6) is 5.75 Å². The molecule has 6 rings (SSSR count). The first-order chi connectivity index (χ1) is 15.0. The maximum atomic E-state index is 6.38. The Morgan fingerprint density at radius 1 is 0.968 bits per heavy atom. The highest BCUT2D eigenvalue weighted by molar-refractivity contribution is 5.39. The van der Waals surface area contributed by atoms with Gasteiger partial charge >= 0.3 is 0 Å². The average Bonchev–Trinajstić information content (AvgIpc) is 3.06. The fourth-order valence-electron chi connectivity index (χ4n) is 7.95. The largest absolute Gasteiger partial charge is 0.490 e. The van der Waals surface area contributed by atoms with Crippen molar-refractivity contribution in [3.8, 4) is 5.75 Å². The summed E-state index contributed by atoms with van der Waals surface area (Å²) in [6.45, 7) is 7.29. The SMILES string of the molecule is Cc1cnc2c(c1)C[C@H]1[C@@H]3CC=C4C[C@@H](Oc5ccccc5)CC[C@]4(C)[C@H]3CC[C@]21C. The minimum atomic E-state index is 0.277. The second kappa shape index (κ2) is 6.95. The molecule has 2 heteroatoms. The third-order valence-corrected chi connectivity index (χ3v) is 9.58. The van der Waals surface area contributed by atoms with Gasteiger partial charge in [0.05, 0.1) is 0 Å². The molecule has 2 fully saturated rings. The van der Waals surface area contributed by atoms with Gasteiger partial charge in [-0.2, -0.15) is 0 Å². The molecular weight excluding hydrogens is 378 g/mol. The lowest BCUT2D eigenvalue weighted by atomic mass is 9.48. The van der Waals surface area contributed by atoms with Gasteiger partial charge in [-0.3, -0.25) is 4.98 Å². The Hall–Kier alpha value is -2.09. The van der Waals surface area contributed by atoms with Crippen LogP contribution in [-0.4, -0.2) is 11.1 Å². The van der Waals surface area contributed by atoms with E-state index in [4.69, 9.17) is 9.72 Å². The summed E-state index contributed by atoms with van der Waals surface area (Å²) in [5, 5.41) is 0. The molecule has 0 unspecified atom stereocenters. The molecule has 4 aliphatic carbocycles. The lowest BCUT2D eigenvalue weighted by Crippen LogP contribution is -2.51. The fourth-order valence-corrected chi connectivity index (χ4v) is 7.95. The van der Waals surface area contributed by atoms with Crippen molar-refractivity contribution in [2.75, 3.05) is 0 Å². The number of aromatic nitrogens is 1. The fraction of sp³-hybridized carbons (Fsp3) is 0.552. The van der Waals surface area contributed by atoms with E-state index in [9.17, 15) is 0 Å². The number of nitrogens with zero attached hydrogens (tertiary/aromatic N) is 1. The van der Waals surface area contributed by atoms with E-state index in [-0.39, 0.29) is 5.41 Å². The molecule has 2 nitrogen and oxygen atoms in total. The zero-order valence-electron chi connectivity index (χ0n) is 19.2. The lowest BCUT2D eigenvalue weighted by Gasteiger charge is -2.57. The lowest BCUT2D eigenvalue weighted by molar-refractivity contribution is -0.0139. The van der Waals surface area contributed by atoms with Gasteiger partial charge in [-0.25, -0.2) is 0 Å². The molecule has 0 bridgehead atoms. The summed E-state index contributed by atoms with van der Waals surface area (Å²) in [6.07, 6.45) is 13.7. The Morgan fingerprint density at radius 2 is 1.77 bits per heavy atom. The van der Waals surface area contributed by atoms with Gasteiger partial charge in [-0.05, 0) is 91.9 Å². The molecule has 2 aromatic rings. The summed E-state index contributed by atoms with van der Waals surface area (Å²) in [4.78, 5) is 4.97. The monoisotopic (exact) mass is 413 g/mol. The van der Waals surface area contributed by atoms with E-state index in [1.54, 1.807) is 5.57 Å². The third-order valence-electron chi connectivity index (χ3n) is 9.58. The van der Waals surface area contributed by atoms with Crippen molar-refractivity contribution in [1.82, 2.24) is 4.98 Å². The van der Waals surface area contributed by atoms with Crippen molar-refractivity contribution >= 4 is 0 Å². The summed E-state index contributed by atoms with van der Waals surface area (Å²) in [5.41, 5.74) is 6.59. The molecule has 1 aromatic carbocycles. The predicted molar refractivity (Wildman–Crippen MR) is 125 cm³/mol. The van der Waals surface area contributed by atoms with Crippen molar-refractivity contribution < 1.29 is 4.74 Å². The first-order valence-corrected chi connectivity index (χ1v) is 12.3. The van der Waals surface area contributed by atoms with Crippen LogP contribution >= 0.6 is 0 Å². The standard InChI is InChI=1S/C29H35NO/c1-19-15-20-16-26-24-10-9-21-17-23(31-22-7-5-4-6-8-22)11-13-28(21,2)25(24)12-14-29(26,3)27(20)30-18-19/h4-9,15,18,23-26H,10-14,16-17H2,1-3H3/t23-,24+,25-,26-,28-,29-/m0/s1. The third kappa shape index (κ3) is 2.93. The van der Waals surface area contributed by atoms with Crippen LogP contribution in [0.15, 0.2) is 54.2 Å². The van der Waals surface area contributed by atoms with Crippen LogP contribution in [0.25, 0.3) is 0 Å². The summed E-state index contributed by atoms with van der Waals surface area (Å²) in [6, 6.07) is 12.8. The number of pyridine rings is 1. The van der Waals surface area contributed by atoms with Gasteiger partial charge in [0.25, 0.3) is 0 Å². The quantitative estimate of drug-likeness (QED) is 0.504. The zero-order valence-corrected chi connectivity index (χ0v) is 19.2. The molecule has 0 spiro atoms. The Balaban J connectivity index is 1.26. The van der Waals surface area contributed by atoms with Crippen molar-refractivity contribution in [2.45, 2.75) is 77.2 Å².